The molecule has 0 amide bonds. The van der Waals surface area contributed by atoms with E-state index in [2.05, 4.69) is 0 Å². The van der Waals surface area contributed by atoms with Crippen molar-refractivity contribution in [3.05, 3.63) is 66.2 Å². The maximum atomic E-state index is 12.5. The van der Waals surface area contributed by atoms with Crippen LogP contribution in [0, 0.1) is 0 Å². The van der Waals surface area contributed by atoms with Gasteiger partial charge in [0.1, 0.15) is 0 Å². The molecule has 0 spiro atoms. The van der Waals surface area contributed by atoms with Crippen molar-refractivity contribution in [2.75, 3.05) is 4.31 Å². The van der Waals surface area contributed by atoms with E-state index in [0.717, 1.165) is 4.31 Å². The van der Waals surface area contributed by atoms with Gasteiger partial charge in [-0.2, -0.15) is 0 Å². The van der Waals surface area contributed by atoms with E-state index in [-0.39, 0.29) is 10.9 Å². The van der Waals surface area contributed by atoms with E-state index in [0.29, 0.717) is 11.3 Å². The molecule has 0 atom stereocenters. The second-order valence-electron chi connectivity index (χ2n) is 4.18. The number of anilines is 1. The molecular formula is C14H14N2O2S2. The van der Waals surface area contributed by atoms with E-state index < -0.39 is 10.0 Å². The Labute approximate surface area is 123 Å². The number of para-hydroxylation sites is 1. The normalized spacial score (nSPS) is 11.0. The minimum absolute atomic E-state index is 0.153. The third-order valence-corrected chi connectivity index (χ3v) is 4.62. The lowest BCUT2D eigenvalue weighted by molar-refractivity contribution is 0.596. The smallest absolute Gasteiger partial charge is 0.245 e. The van der Waals surface area contributed by atoms with Gasteiger partial charge >= 0.3 is 0 Å². The average Bonchev–Trinajstić information content (AvgIpc) is 2.39. The SMILES string of the molecule is NC(=S)N(c1ccccc1)S(=O)(=O)Cc1ccccc1. The Morgan fingerprint density at radius 3 is 2.00 bits per heavy atom. The minimum Gasteiger partial charge on any atom is -0.375 e. The van der Waals surface area contributed by atoms with Gasteiger partial charge in [-0.3, -0.25) is 0 Å². The fraction of sp³-hybridized carbons (Fsp3) is 0.0714. The summed E-state index contributed by atoms with van der Waals surface area (Å²) < 4.78 is 26.0. The minimum atomic E-state index is -3.66. The molecule has 0 saturated heterocycles. The van der Waals surface area contributed by atoms with E-state index in [1.54, 1.807) is 54.6 Å². The van der Waals surface area contributed by atoms with Crippen LogP contribution in [0.1, 0.15) is 5.56 Å². The van der Waals surface area contributed by atoms with E-state index in [4.69, 9.17) is 18.0 Å². The van der Waals surface area contributed by atoms with Gasteiger partial charge in [0, 0.05) is 0 Å². The van der Waals surface area contributed by atoms with E-state index in [9.17, 15) is 8.42 Å². The summed E-state index contributed by atoms with van der Waals surface area (Å²) in [6.07, 6.45) is 0. The van der Waals surface area contributed by atoms with Crippen LogP contribution in [0.25, 0.3) is 0 Å². The van der Waals surface area contributed by atoms with Crippen LogP contribution >= 0.6 is 12.2 Å². The third-order valence-electron chi connectivity index (χ3n) is 2.66. The molecule has 2 rings (SSSR count). The molecule has 0 aromatic heterocycles. The molecule has 2 N–H and O–H groups in total. The molecule has 0 saturated carbocycles. The predicted octanol–water partition coefficient (Wildman–Crippen LogP) is 2.27. The van der Waals surface area contributed by atoms with E-state index in [1.807, 2.05) is 6.07 Å². The first-order valence-corrected chi connectivity index (χ1v) is 7.94. The third kappa shape index (κ3) is 3.34. The molecule has 0 aliphatic rings. The Bertz CT molecular complexity index is 686. The topological polar surface area (TPSA) is 63.4 Å². The largest absolute Gasteiger partial charge is 0.375 e. The number of sulfonamides is 1. The number of rotatable bonds is 4. The standard InChI is InChI=1S/C14H14N2O2S2/c15-14(19)16(13-9-5-2-6-10-13)20(17,18)11-12-7-3-1-4-8-12/h1-10H,11H2,(H2,15,19). The van der Waals surface area contributed by atoms with Crippen LogP contribution in [-0.4, -0.2) is 13.5 Å². The maximum Gasteiger partial charge on any atom is 0.245 e. The summed E-state index contributed by atoms with van der Waals surface area (Å²) in [5.74, 6) is -0.153. The molecule has 6 heteroatoms. The number of nitrogens with zero attached hydrogens (tertiary/aromatic N) is 1. The first-order chi connectivity index (χ1) is 9.50. The Morgan fingerprint density at radius 1 is 1.00 bits per heavy atom. The quantitative estimate of drug-likeness (QED) is 0.880. The van der Waals surface area contributed by atoms with E-state index >= 15 is 0 Å². The van der Waals surface area contributed by atoms with Crippen molar-refractivity contribution in [3.8, 4) is 0 Å². The Morgan fingerprint density at radius 2 is 1.50 bits per heavy atom. The van der Waals surface area contributed by atoms with Crippen molar-refractivity contribution in [2.45, 2.75) is 5.75 Å². The molecular weight excluding hydrogens is 292 g/mol. The Kier molecular flexibility index (Phi) is 4.36. The zero-order chi connectivity index (χ0) is 14.6. The van der Waals surface area contributed by atoms with Gasteiger partial charge in [0.15, 0.2) is 5.11 Å². The van der Waals surface area contributed by atoms with Gasteiger partial charge in [0.05, 0.1) is 11.4 Å². The first kappa shape index (κ1) is 14.5. The number of nitrogens with two attached hydrogens (primary N) is 1. The van der Waals surface area contributed by atoms with Crippen LogP contribution in [0.15, 0.2) is 60.7 Å². The summed E-state index contributed by atoms with van der Waals surface area (Å²) in [6.45, 7) is 0. The first-order valence-electron chi connectivity index (χ1n) is 5.92. The van der Waals surface area contributed by atoms with Crippen molar-refractivity contribution in [3.63, 3.8) is 0 Å². The summed E-state index contributed by atoms with van der Waals surface area (Å²) in [4.78, 5) is 0. The zero-order valence-corrected chi connectivity index (χ0v) is 12.3. The van der Waals surface area contributed by atoms with Crippen molar-refractivity contribution in [1.29, 1.82) is 0 Å². The van der Waals surface area contributed by atoms with Crippen molar-refractivity contribution < 1.29 is 8.42 Å². The molecule has 2 aromatic carbocycles. The van der Waals surface area contributed by atoms with Crippen molar-refractivity contribution in [2.24, 2.45) is 5.73 Å². The summed E-state index contributed by atoms with van der Waals surface area (Å²) in [7, 11) is -3.66. The van der Waals surface area contributed by atoms with E-state index in [1.165, 1.54) is 0 Å². The van der Waals surface area contributed by atoms with Gasteiger partial charge in [-0.05, 0) is 29.9 Å². The lowest BCUT2D eigenvalue weighted by Crippen LogP contribution is -2.41. The fourth-order valence-corrected chi connectivity index (χ4v) is 3.74. The molecule has 2 aromatic rings. The molecule has 0 bridgehead atoms. The predicted molar refractivity (Wildman–Crippen MR) is 84.8 cm³/mol. The highest BCUT2D eigenvalue weighted by atomic mass is 32.2. The van der Waals surface area contributed by atoms with Gasteiger partial charge in [-0.1, -0.05) is 48.5 Å². The van der Waals surface area contributed by atoms with Crippen LogP contribution in [0.4, 0.5) is 5.69 Å². The highest BCUT2D eigenvalue weighted by Crippen LogP contribution is 2.20. The molecule has 104 valence electrons. The van der Waals surface area contributed by atoms with Gasteiger partial charge < -0.3 is 5.73 Å². The van der Waals surface area contributed by atoms with Crippen LogP contribution in [0.5, 0.6) is 0 Å². The molecule has 0 heterocycles. The van der Waals surface area contributed by atoms with Crippen molar-refractivity contribution >= 4 is 33.0 Å². The summed E-state index contributed by atoms with van der Waals surface area (Å²) in [5.41, 5.74) is 6.71. The Hall–Kier alpha value is -1.92. The molecule has 20 heavy (non-hydrogen) atoms. The second kappa shape index (κ2) is 6.02. The number of hydrogen-bond acceptors (Lipinski definition) is 3. The zero-order valence-electron chi connectivity index (χ0n) is 10.6. The molecule has 0 radical (unpaired) electrons. The lowest BCUT2D eigenvalue weighted by Gasteiger charge is -2.22. The fourth-order valence-electron chi connectivity index (χ4n) is 1.84. The molecule has 0 unspecified atom stereocenters. The lowest BCUT2D eigenvalue weighted by atomic mass is 10.2. The monoisotopic (exact) mass is 306 g/mol. The summed E-state index contributed by atoms with van der Waals surface area (Å²) in [6, 6.07) is 17.5. The van der Waals surface area contributed by atoms with Gasteiger partial charge in [0.2, 0.25) is 10.0 Å². The van der Waals surface area contributed by atoms with Crippen LogP contribution in [-0.2, 0) is 15.8 Å². The van der Waals surface area contributed by atoms with Gasteiger partial charge in [-0.15, -0.1) is 0 Å². The highest BCUT2D eigenvalue weighted by molar-refractivity contribution is 7.94. The molecule has 0 aliphatic carbocycles. The van der Waals surface area contributed by atoms with Crippen LogP contribution < -0.4 is 10.0 Å². The van der Waals surface area contributed by atoms with Gasteiger partial charge in [-0.25, -0.2) is 12.7 Å². The number of benzene rings is 2. The van der Waals surface area contributed by atoms with Crippen molar-refractivity contribution in [1.82, 2.24) is 0 Å². The maximum absolute atomic E-state index is 12.5. The van der Waals surface area contributed by atoms with Crippen LogP contribution in [0.2, 0.25) is 0 Å². The number of thiocarbonyl (C=S) groups is 1. The Balaban J connectivity index is 2.37. The summed E-state index contributed by atoms with van der Waals surface area (Å²) >= 11 is 4.89. The molecule has 4 nitrogen and oxygen atoms in total. The average molecular weight is 306 g/mol. The number of hydrogen-bond donors (Lipinski definition) is 1. The van der Waals surface area contributed by atoms with Gasteiger partial charge in [0.25, 0.3) is 0 Å². The summed E-state index contributed by atoms with van der Waals surface area (Å²) in [5, 5.41) is -0.188. The highest BCUT2D eigenvalue weighted by Gasteiger charge is 2.25. The molecule has 0 aliphatic heterocycles. The van der Waals surface area contributed by atoms with Crippen LogP contribution in [0.3, 0.4) is 0 Å². The second-order valence-corrected chi connectivity index (χ2v) is 6.42. The molecule has 0 fully saturated rings.